The lowest BCUT2D eigenvalue weighted by molar-refractivity contribution is -0.131. The summed E-state index contributed by atoms with van der Waals surface area (Å²) in [4.78, 5) is 11.9. The number of aliphatic carboxylic acids is 1. The molecule has 0 radical (unpaired) electrons. The van der Waals surface area contributed by atoms with Crippen LogP contribution in [0.3, 0.4) is 0 Å². The van der Waals surface area contributed by atoms with Crippen LogP contribution in [0.1, 0.15) is 5.56 Å². The van der Waals surface area contributed by atoms with Gasteiger partial charge in [0, 0.05) is 11.6 Å². The second-order valence-electron chi connectivity index (χ2n) is 7.55. The van der Waals surface area contributed by atoms with Crippen LogP contribution >= 0.6 is 7.26 Å². The fourth-order valence-corrected chi connectivity index (χ4v) is 9.18. The molecule has 7 heteroatoms. The third-order valence-electron chi connectivity index (χ3n) is 5.48. The smallest absolute Gasteiger partial charge is 0.332 e. The topological polar surface area (TPSA) is 91.7 Å². The molecule has 0 bridgehead atoms. The largest absolute Gasteiger partial charge is 0.478 e. The van der Waals surface area contributed by atoms with E-state index in [-0.39, 0.29) is 4.90 Å². The van der Waals surface area contributed by atoms with E-state index in [1.165, 1.54) is 18.2 Å². The summed E-state index contributed by atoms with van der Waals surface area (Å²) in [5.74, 6) is -1.11. The van der Waals surface area contributed by atoms with Gasteiger partial charge in [0.15, 0.2) is 0 Å². The molecule has 34 heavy (non-hydrogen) atoms. The van der Waals surface area contributed by atoms with E-state index in [4.69, 9.17) is 0 Å². The molecule has 0 saturated heterocycles. The maximum Gasteiger partial charge on any atom is 0.332 e. The van der Waals surface area contributed by atoms with Crippen molar-refractivity contribution in [2.24, 2.45) is 0 Å². The fraction of sp³-hybridized carbons (Fsp3) is 0. The molecule has 0 amide bonds. The second-order valence-corrected chi connectivity index (χ2v) is 12.3. The molecular weight excluding hydrogens is 467 g/mol. The second kappa shape index (κ2) is 9.74. The summed E-state index contributed by atoms with van der Waals surface area (Å²) < 4.78 is 33.9. The van der Waals surface area contributed by atoms with Crippen LogP contribution in [0.15, 0.2) is 126 Å². The Hall–Kier alpha value is -3.57. The quantitative estimate of drug-likeness (QED) is 0.229. The molecule has 170 valence electrons. The van der Waals surface area contributed by atoms with Crippen molar-refractivity contribution in [2.75, 3.05) is 0 Å². The van der Waals surface area contributed by atoms with Gasteiger partial charge in [-0.1, -0.05) is 72.8 Å². The number of hydrogen-bond donors (Lipinski definition) is 2. The molecule has 4 rings (SSSR count). The highest BCUT2D eigenvalue weighted by molar-refractivity contribution is 8.03. The van der Waals surface area contributed by atoms with Crippen molar-refractivity contribution in [2.45, 2.75) is 4.90 Å². The van der Waals surface area contributed by atoms with Crippen molar-refractivity contribution in [1.29, 1.82) is 0 Å². The monoisotopic (exact) mass is 489 g/mol. The Morgan fingerprint density at radius 1 is 0.676 bits per heavy atom. The first-order valence-corrected chi connectivity index (χ1v) is 13.7. The summed E-state index contributed by atoms with van der Waals surface area (Å²) in [6.45, 7) is 0. The molecule has 0 fully saturated rings. The van der Waals surface area contributed by atoms with Gasteiger partial charge in [-0.15, -0.1) is 0 Å². The summed E-state index contributed by atoms with van der Waals surface area (Å²) in [6.07, 6.45) is 1.21. The lowest BCUT2D eigenvalue weighted by Gasteiger charge is -2.29. The van der Waals surface area contributed by atoms with E-state index in [9.17, 15) is 22.9 Å². The van der Waals surface area contributed by atoms with Crippen LogP contribution in [0, 0.1) is 0 Å². The van der Waals surface area contributed by atoms with Crippen LogP contribution < -0.4 is 15.9 Å². The van der Waals surface area contributed by atoms with Crippen LogP contribution in [-0.2, 0) is 14.9 Å². The van der Waals surface area contributed by atoms with Gasteiger partial charge >= 0.3 is 5.97 Å². The Morgan fingerprint density at radius 3 is 1.62 bits per heavy atom. The molecule has 0 aromatic heterocycles. The fourth-order valence-electron chi connectivity index (χ4n) is 4.12. The average molecular weight is 490 g/mol. The van der Waals surface area contributed by atoms with Gasteiger partial charge in [-0.3, -0.25) is 4.55 Å². The number of carboxylic acids is 1. The number of carbonyl (C=O) groups is 1. The number of benzene rings is 4. The van der Waals surface area contributed by atoms with Gasteiger partial charge in [0.25, 0.3) is 10.1 Å². The van der Waals surface area contributed by atoms with Gasteiger partial charge in [0.05, 0.1) is 11.0 Å². The molecular formula is C27H22O5PS+. The van der Waals surface area contributed by atoms with E-state index in [0.29, 0.717) is 16.2 Å². The Morgan fingerprint density at radius 2 is 1.15 bits per heavy atom. The third-order valence-corrected chi connectivity index (χ3v) is 10.6. The normalized spacial score (nSPS) is 12.3. The van der Waals surface area contributed by atoms with Crippen molar-refractivity contribution < 1.29 is 22.9 Å². The van der Waals surface area contributed by atoms with Crippen molar-refractivity contribution >= 4 is 44.6 Å². The van der Waals surface area contributed by atoms with Crippen LogP contribution in [-0.4, -0.2) is 24.0 Å². The minimum absolute atomic E-state index is 0.246. The maximum atomic E-state index is 12.2. The molecule has 5 nitrogen and oxygen atoms in total. The highest BCUT2D eigenvalue weighted by atomic mass is 32.2. The summed E-state index contributed by atoms with van der Waals surface area (Å²) >= 11 is 0. The first-order chi connectivity index (χ1) is 16.3. The SMILES string of the molecule is O=C(O)/C=C(\c1ccccc1)[P+](c1ccccc1)(c1ccccc1)c1cccc(S(=O)(=O)O)c1. The molecule has 0 saturated carbocycles. The van der Waals surface area contributed by atoms with Crippen LogP contribution in [0.25, 0.3) is 5.31 Å². The van der Waals surface area contributed by atoms with E-state index in [0.717, 1.165) is 10.6 Å². The Labute approximate surface area is 199 Å². The van der Waals surface area contributed by atoms with Crippen molar-refractivity contribution in [1.82, 2.24) is 0 Å². The van der Waals surface area contributed by atoms with Gasteiger partial charge < -0.3 is 5.11 Å². The molecule has 0 heterocycles. The highest BCUT2D eigenvalue weighted by Gasteiger charge is 2.50. The van der Waals surface area contributed by atoms with Gasteiger partial charge in [-0.25, -0.2) is 4.79 Å². The Balaban J connectivity index is 2.23. The van der Waals surface area contributed by atoms with E-state index in [1.807, 2.05) is 91.0 Å². The average Bonchev–Trinajstić information content (AvgIpc) is 2.85. The van der Waals surface area contributed by atoms with Gasteiger partial charge in [-0.2, -0.15) is 8.42 Å². The van der Waals surface area contributed by atoms with E-state index < -0.39 is 23.3 Å². The van der Waals surface area contributed by atoms with Crippen LogP contribution in [0.2, 0.25) is 0 Å². The molecule has 0 atom stereocenters. The van der Waals surface area contributed by atoms with Crippen molar-refractivity contribution in [3.8, 4) is 0 Å². The summed E-state index contributed by atoms with van der Waals surface area (Å²) in [5, 5.41) is 12.8. The zero-order chi connectivity index (χ0) is 24.2. The molecule has 2 N–H and O–H groups in total. The predicted octanol–water partition coefficient (Wildman–Crippen LogP) is 4.35. The molecule has 4 aromatic carbocycles. The first-order valence-electron chi connectivity index (χ1n) is 10.4. The molecule has 0 spiro atoms. The predicted molar refractivity (Wildman–Crippen MR) is 137 cm³/mol. The molecule has 0 aliphatic rings. The maximum absolute atomic E-state index is 12.2. The standard InChI is InChI=1S/C27H21O5PS/c28-27(29)20-26(21-11-4-1-5-12-21)33(22-13-6-2-7-14-22,23-15-8-3-9-16-23)24-17-10-18-25(19-24)34(30,31)32/h1-20H,(H-,28,29,30,31,32)/p+1/b26-20+. The number of carboxylic acid groups (broad SMARTS) is 1. The van der Waals surface area contributed by atoms with Crippen LogP contribution in [0.5, 0.6) is 0 Å². The highest BCUT2D eigenvalue weighted by Crippen LogP contribution is 2.66. The first kappa shape index (κ1) is 23.6. The van der Waals surface area contributed by atoms with Crippen molar-refractivity contribution in [3.63, 3.8) is 0 Å². The minimum Gasteiger partial charge on any atom is -0.478 e. The summed E-state index contributed by atoms with van der Waals surface area (Å²) in [6, 6.07) is 34.3. The third kappa shape index (κ3) is 4.57. The zero-order valence-corrected chi connectivity index (χ0v) is 19.7. The molecule has 0 aliphatic carbocycles. The van der Waals surface area contributed by atoms with Gasteiger partial charge in [0.1, 0.15) is 28.5 Å². The van der Waals surface area contributed by atoms with Crippen molar-refractivity contribution in [3.05, 3.63) is 127 Å². The molecule has 0 unspecified atom stereocenters. The van der Waals surface area contributed by atoms with E-state index in [2.05, 4.69) is 0 Å². The van der Waals surface area contributed by atoms with E-state index in [1.54, 1.807) is 12.1 Å². The zero-order valence-electron chi connectivity index (χ0n) is 18.0. The number of hydrogen-bond acceptors (Lipinski definition) is 3. The van der Waals surface area contributed by atoms with Gasteiger partial charge in [0.2, 0.25) is 0 Å². The Kier molecular flexibility index (Phi) is 6.75. The summed E-state index contributed by atoms with van der Waals surface area (Å²) in [5.41, 5.74) is 0.711. The van der Waals surface area contributed by atoms with Gasteiger partial charge in [-0.05, 0) is 36.4 Å². The molecule has 0 aliphatic heterocycles. The lowest BCUT2D eigenvalue weighted by Crippen LogP contribution is -2.32. The summed E-state index contributed by atoms with van der Waals surface area (Å²) in [7, 11) is -7.41. The number of rotatable bonds is 7. The lowest BCUT2D eigenvalue weighted by atomic mass is 10.2. The van der Waals surface area contributed by atoms with E-state index >= 15 is 0 Å². The Bertz CT molecular complexity index is 1390. The minimum atomic E-state index is -4.48. The van der Waals surface area contributed by atoms with Crippen LogP contribution in [0.4, 0.5) is 0 Å². The molecule has 4 aromatic rings.